The Morgan fingerprint density at radius 1 is 1.62 bits per heavy atom. The number of aryl methyl sites for hydroxylation is 1. The number of likely N-dealkylation sites (N-methyl/N-ethyl adjacent to an activating group) is 1. The second-order valence-electron chi connectivity index (χ2n) is 4.08. The molecule has 1 aromatic rings. The van der Waals surface area contributed by atoms with Crippen molar-refractivity contribution in [2.24, 2.45) is 7.05 Å². The van der Waals surface area contributed by atoms with Gasteiger partial charge in [-0.2, -0.15) is 5.10 Å². The van der Waals surface area contributed by atoms with Crippen LogP contribution in [0.2, 0.25) is 0 Å². The van der Waals surface area contributed by atoms with E-state index in [1.54, 1.807) is 11.0 Å². The van der Waals surface area contributed by atoms with Crippen LogP contribution in [0, 0.1) is 0 Å². The van der Waals surface area contributed by atoms with Gasteiger partial charge < -0.3 is 10.2 Å². The molecule has 6 heteroatoms. The Morgan fingerprint density at radius 3 is 3.06 bits per heavy atom. The number of aromatic nitrogens is 3. The zero-order chi connectivity index (χ0) is 11.5. The molecule has 0 radical (unpaired) electrons. The summed E-state index contributed by atoms with van der Waals surface area (Å²) in [5.74, 6) is 0.855. The van der Waals surface area contributed by atoms with E-state index in [9.17, 15) is 4.79 Å². The van der Waals surface area contributed by atoms with Gasteiger partial charge in [0.15, 0.2) is 5.82 Å². The van der Waals surface area contributed by atoms with Gasteiger partial charge in [-0.05, 0) is 19.9 Å². The normalized spacial score (nSPS) is 21.5. The zero-order valence-electron chi connectivity index (χ0n) is 9.68. The van der Waals surface area contributed by atoms with Crippen molar-refractivity contribution in [1.29, 1.82) is 0 Å². The van der Waals surface area contributed by atoms with Crippen molar-refractivity contribution in [1.82, 2.24) is 25.0 Å². The number of hydrogen-bond donors (Lipinski definition) is 1. The standard InChI is InChI=1S/C10H17N5O/c1-11-8-4-3-5-15(10(8)16)6-9-12-7-14(2)13-9/h7-8,11H,3-6H2,1-2H3. The fraction of sp³-hybridized carbons (Fsp3) is 0.700. The molecule has 1 saturated heterocycles. The molecule has 6 nitrogen and oxygen atoms in total. The third kappa shape index (κ3) is 2.21. The highest BCUT2D eigenvalue weighted by molar-refractivity contribution is 5.82. The Morgan fingerprint density at radius 2 is 2.44 bits per heavy atom. The molecule has 0 aromatic carbocycles. The van der Waals surface area contributed by atoms with Crippen molar-refractivity contribution in [2.45, 2.75) is 25.4 Å². The predicted octanol–water partition coefficient (Wildman–Crippen LogP) is -0.475. The first kappa shape index (κ1) is 11.1. The van der Waals surface area contributed by atoms with Crippen LogP contribution in [0.3, 0.4) is 0 Å². The molecular weight excluding hydrogens is 206 g/mol. The van der Waals surface area contributed by atoms with Gasteiger partial charge in [-0.25, -0.2) is 4.98 Å². The SMILES string of the molecule is CNC1CCCN(Cc2ncn(C)n2)C1=O. The molecule has 0 saturated carbocycles. The summed E-state index contributed by atoms with van der Waals surface area (Å²) in [7, 11) is 3.65. The molecule has 1 aliphatic heterocycles. The molecule has 1 aromatic heterocycles. The highest BCUT2D eigenvalue weighted by Crippen LogP contribution is 2.13. The van der Waals surface area contributed by atoms with E-state index < -0.39 is 0 Å². The molecule has 1 amide bonds. The van der Waals surface area contributed by atoms with Crippen LogP contribution in [0.4, 0.5) is 0 Å². The van der Waals surface area contributed by atoms with Crippen LogP contribution < -0.4 is 5.32 Å². The van der Waals surface area contributed by atoms with Crippen LogP contribution in [0.1, 0.15) is 18.7 Å². The van der Waals surface area contributed by atoms with E-state index in [1.165, 1.54) is 0 Å². The molecule has 0 aliphatic carbocycles. The molecule has 0 bridgehead atoms. The lowest BCUT2D eigenvalue weighted by Gasteiger charge is -2.31. The van der Waals surface area contributed by atoms with Crippen LogP contribution in [0.15, 0.2) is 6.33 Å². The first-order valence-electron chi connectivity index (χ1n) is 5.51. The van der Waals surface area contributed by atoms with Crippen molar-refractivity contribution < 1.29 is 4.79 Å². The monoisotopic (exact) mass is 223 g/mol. The van der Waals surface area contributed by atoms with Gasteiger partial charge in [-0.3, -0.25) is 9.48 Å². The Labute approximate surface area is 94.6 Å². The summed E-state index contributed by atoms with van der Waals surface area (Å²) in [6.45, 7) is 1.31. The summed E-state index contributed by atoms with van der Waals surface area (Å²) in [5.41, 5.74) is 0. The number of piperidine rings is 1. The molecule has 1 unspecified atom stereocenters. The zero-order valence-corrected chi connectivity index (χ0v) is 9.68. The molecule has 88 valence electrons. The van der Waals surface area contributed by atoms with Crippen molar-refractivity contribution in [2.75, 3.05) is 13.6 Å². The molecule has 16 heavy (non-hydrogen) atoms. The average molecular weight is 223 g/mol. The van der Waals surface area contributed by atoms with Crippen LogP contribution in [-0.4, -0.2) is 45.2 Å². The molecule has 2 rings (SSSR count). The molecular formula is C10H17N5O. The van der Waals surface area contributed by atoms with Gasteiger partial charge in [-0.15, -0.1) is 0 Å². The lowest BCUT2D eigenvalue weighted by Crippen LogP contribution is -2.49. The second-order valence-corrected chi connectivity index (χ2v) is 4.08. The average Bonchev–Trinajstić information content (AvgIpc) is 2.67. The highest BCUT2D eigenvalue weighted by atomic mass is 16.2. The number of carbonyl (C=O) groups excluding carboxylic acids is 1. The highest BCUT2D eigenvalue weighted by Gasteiger charge is 2.27. The Hall–Kier alpha value is -1.43. The number of carbonyl (C=O) groups is 1. The predicted molar refractivity (Wildman–Crippen MR) is 58.5 cm³/mol. The van der Waals surface area contributed by atoms with E-state index in [0.717, 1.165) is 19.4 Å². The lowest BCUT2D eigenvalue weighted by molar-refractivity contribution is -0.136. The summed E-state index contributed by atoms with van der Waals surface area (Å²) in [4.78, 5) is 17.9. The summed E-state index contributed by atoms with van der Waals surface area (Å²) in [6, 6.07) is -0.0440. The summed E-state index contributed by atoms with van der Waals surface area (Å²) in [5, 5.41) is 7.22. The van der Waals surface area contributed by atoms with Gasteiger partial charge in [-0.1, -0.05) is 0 Å². The van der Waals surface area contributed by atoms with Crippen molar-refractivity contribution >= 4 is 5.91 Å². The number of nitrogens with one attached hydrogen (secondary N) is 1. The fourth-order valence-corrected chi connectivity index (χ4v) is 1.99. The number of hydrogen-bond acceptors (Lipinski definition) is 4. The third-order valence-corrected chi connectivity index (χ3v) is 2.86. The van der Waals surface area contributed by atoms with E-state index in [-0.39, 0.29) is 11.9 Å². The van der Waals surface area contributed by atoms with Gasteiger partial charge in [0.2, 0.25) is 5.91 Å². The number of likely N-dealkylation sites (tertiary alicyclic amines) is 1. The molecule has 1 N–H and O–H groups in total. The Bertz CT molecular complexity index is 375. The summed E-state index contributed by atoms with van der Waals surface area (Å²) in [6.07, 6.45) is 3.60. The van der Waals surface area contributed by atoms with Gasteiger partial charge in [0.25, 0.3) is 0 Å². The molecule has 1 fully saturated rings. The van der Waals surface area contributed by atoms with Gasteiger partial charge in [0, 0.05) is 13.6 Å². The first-order chi connectivity index (χ1) is 7.70. The number of amides is 1. The van der Waals surface area contributed by atoms with Crippen LogP contribution in [0.25, 0.3) is 0 Å². The van der Waals surface area contributed by atoms with Crippen LogP contribution >= 0.6 is 0 Å². The second kappa shape index (κ2) is 4.61. The van der Waals surface area contributed by atoms with Crippen LogP contribution in [-0.2, 0) is 18.4 Å². The van der Waals surface area contributed by atoms with Crippen molar-refractivity contribution in [3.63, 3.8) is 0 Å². The maximum absolute atomic E-state index is 12.0. The van der Waals surface area contributed by atoms with Crippen molar-refractivity contribution in [3.05, 3.63) is 12.2 Å². The minimum Gasteiger partial charge on any atom is -0.334 e. The molecule has 0 spiro atoms. The summed E-state index contributed by atoms with van der Waals surface area (Å²) >= 11 is 0. The minimum atomic E-state index is -0.0440. The fourth-order valence-electron chi connectivity index (χ4n) is 1.99. The van der Waals surface area contributed by atoms with E-state index in [2.05, 4.69) is 15.4 Å². The van der Waals surface area contributed by atoms with Crippen LogP contribution in [0.5, 0.6) is 0 Å². The molecule has 2 heterocycles. The maximum atomic E-state index is 12.0. The van der Waals surface area contributed by atoms with Gasteiger partial charge in [0.05, 0.1) is 12.6 Å². The number of nitrogens with zero attached hydrogens (tertiary/aromatic N) is 4. The van der Waals surface area contributed by atoms with E-state index in [0.29, 0.717) is 12.4 Å². The van der Waals surface area contributed by atoms with E-state index >= 15 is 0 Å². The third-order valence-electron chi connectivity index (χ3n) is 2.86. The van der Waals surface area contributed by atoms with E-state index in [1.807, 2.05) is 19.0 Å². The largest absolute Gasteiger partial charge is 0.334 e. The van der Waals surface area contributed by atoms with Crippen molar-refractivity contribution in [3.8, 4) is 0 Å². The first-order valence-corrected chi connectivity index (χ1v) is 5.51. The Kier molecular flexibility index (Phi) is 3.19. The van der Waals surface area contributed by atoms with Gasteiger partial charge >= 0.3 is 0 Å². The Balaban J connectivity index is 2.01. The van der Waals surface area contributed by atoms with E-state index in [4.69, 9.17) is 0 Å². The number of rotatable bonds is 3. The quantitative estimate of drug-likeness (QED) is 0.752. The van der Waals surface area contributed by atoms with Gasteiger partial charge in [0.1, 0.15) is 6.33 Å². The molecule has 1 atom stereocenters. The maximum Gasteiger partial charge on any atom is 0.240 e. The summed E-state index contributed by atoms with van der Waals surface area (Å²) < 4.78 is 1.65. The molecule has 1 aliphatic rings. The smallest absolute Gasteiger partial charge is 0.240 e. The topological polar surface area (TPSA) is 63.1 Å². The lowest BCUT2D eigenvalue weighted by atomic mass is 10.1. The minimum absolute atomic E-state index is 0.0440.